The molecule has 0 aliphatic carbocycles. The number of primary sulfonamides is 1. The highest BCUT2D eigenvalue weighted by molar-refractivity contribution is 7.89. The van der Waals surface area contributed by atoms with Crippen LogP contribution in [0.25, 0.3) is 0 Å². The van der Waals surface area contributed by atoms with Gasteiger partial charge in [-0.25, -0.2) is 18.5 Å². The number of carbonyl (C=O) groups is 1. The summed E-state index contributed by atoms with van der Waals surface area (Å²) in [5, 5.41) is 11.5. The molecular formula is C20H19ClN6O4S. The number of likely N-dealkylation sites (N-methyl/N-ethyl adjacent to an activating group) is 1. The van der Waals surface area contributed by atoms with E-state index in [1.165, 1.54) is 18.3 Å². The van der Waals surface area contributed by atoms with E-state index in [0.29, 0.717) is 35.2 Å². The van der Waals surface area contributed by atoms with Crippen LogP contribution in [-0.4, -0.2) is 37.4 Å². The van der Waals surface area contributed by atoms with E-state index in [-0.39, 0.29) is 28.4 Å². The molecule has 166 valence electrons. The average molecular weight is 475 g/mol. The maximum atomic E-state index is 12.1. The molecule has 0 fully saturated rings. The summed E-state index contributed by atoms with van der Waals surface area (Å²) in [7, 11) is -3.84. The zero-order chi connectivity index (χ0) is 22.9. The molecule has 1 aliphatic heterocycles. The van der Waals surface area contributed by atoms with Gasteiger partial charge >= 0.3 is 0 Å². The minimum Gasteiger partial charge on any atom is -0.482 e. The molecule has 0 bridgehead atoms. The van der Waals surface area contributed by atoms with Gasteiger partial charge in [-0.3, -0.25) is 4.79 Å². The van der Waals surface area contributed by atoms with Gasteiger partial charge in [-0.1, -0.05) is 17.7 Å². The van der Waals surface area contributed by atoms with Crippen molar-refractivity contribution in [2.75, 3.05) is 28.7 Å². The van der Waals surface area contributed by atoms with Gasteiger partial charge in [-0.05, 0) is 43.3 Å². The Morgan fingerprint density at radius 3 is 2.72 bits per heavy atom. The highest BCUT2D eigenvalue weighted by Gasteiger charge is 2.24. The number of hydrogen-bond donors (Lipinski definition) is 3. The van der Waals surface area contributed by atoms with Crippen LogP contribution < -0.4 is 25.4 Å². The van der Waals surface area contributed by atoms with Gasteiger partial charge in [0.1, 0.15) is 10.8 Å². The van der Waals surface area contributed by atoms with Crippen molar-refractivity contribution in [3.63, 3.8) is 0 Å². The van der Waals surface area contributed by atoms with Gasteiger partial charge in [0.15, 0.2) is 12.4 Å². The molecular weight excluding hydrogens is 456 g/mol. The number of anilines is 5. The molecule has 0 spiro atoms. The predicted octanol–water partition coefficient (Wildman–Crippen LogP) is 3.01. The normalized spacial score (nSPS) is 13.3. The molecule has 4 N–H and O–H groups in total. The number of halogens is 1. The van der Waals surface area contributed by atoms with E-state index in [9.17, 15) is 13.2 Å². The first-order valence-corrected chi connectivity index (χ1v) is 11.4. The third-order valence-corrected chi connectivity index (χ3v) is 5.83. The molecule has 12 heteroatoms. The molecule has 4 rings (SSSR count). The van der Waals surface area contributed by atoms with E-state index in [1.807, 2.05) is 6.92 Å². The van der Waals surface area contributed by atoms with E-state index in [2.05, 4.69) is 20.6 Å². The molecule has 10 nitrogen and oxygen atoms in total. The quantitative estimate of drug-likeness (QED) is 0.495. The highest BCUT2D eigenvalue weighted by atomic mass is 35.5. The van der Waals surface area contributed by atoms with Gasteiger partial charge in [-0.2, -0.15) is 4.98 Å². The Hall–Kier alpha value is -3.41. The zero-order valence-corrected chi connectivity index (χ0v) is 18.4. The van der Waals surface area contributed by atoms with Crippen molar-refractivity contribution in [3.05, 3.63) is 53.7 Å². The van der Waals surface area contributed by atoms with Gasteiger partial charge in [0.05, 0.1) is 16.8 Å². The lowest BCUT2D eigenvalue weighted by atomic mass is 10.2. The fourth-order valence-corrected chi connectivity index (χ4v) is 3.86. The van der Waals surface area contributed by atoms with Crippen molar-refractivity contribution in [3.8, 4) is 5.75 Å². The SMILES string of the molecule is CCN1C(=O)COc2ccc(Nc3nc(Nc4cccc(S(N)(=O)=O)c4)ncc3Cl)cc21. The lowest BCUT2D eigenvalue weighted by molar-refractivity contribution is -0.121. The number of hydrogen-bond acceptors (Lipinski definition) is 8. The van der Waals surface area contributed by atoms with Crippen molar-refractivity contribution in [2.24, 2.45) is 5.14 Å². The van der Waals surface area contributed by atoms with E-state index >= 15 is 0 Å². The van der Waals surface area contributed by atoms with E-state index in [1.54, 1.807) is 35.2 Å². The number of amides is 1. The third kappa shape index (κ3) is 4.59. The molecule has 1 aliphatic rings. The maximum absolute atomic E-state index is 12.1. The number of sulfonamides is 1. The van der Waals surface area contributed by atoms with Crippen LogP contribution in [0.1, 0.15) is 6.92 Å². The molecule has 1 aromatic heterocycles. The largest absolute Gasteiger partial charge is 0.482 e. The number of nitrogens with zero attached hydrogens (tertiary/aromatic N) is 3. The smallest absolute Gasteiger partial charge is 0.265 e. The summed E-state index contributed by atoms with van der Waals surface area (Å²) in [6.07, 6.45) is 1.41. The van der Waals surface area contributed by atoms with Gasteiger partial charge in [0.2, 0.25) is 16.0 Å². The van der Waals surface area contributed by atoms with Crippen LogP contribution in [-0.2, 0) is 14.8 Å². The van der Waals surface area contributed by atoms with Crippen molar-refractivity contribution in [1.82, 2.24) is 9.97 Å². The first kappa shape index (κ1) is 21.8. The minimum atomic E-state index is -3.84. The number of ether oxygens (including phenoxy) is 1. The van der Waals surface area contributed by atoms with Crippen LogP contribution in [0, 0.1) is 0 Å². The number of nitrogens with two attached hydrogens (primary N) is 1. The Kier molecular flexibility index (Phi) is 5.87. The highest BCUT2D eigenvalue weighted by Crippen LogP contribution is 2.36. The van der Waals surface area contributed by atoms with Crippen LogP contribution >= 0.6 is 11.6 Å². The minimum absolute atomic E-state index is 0.00698. The van der Waals surface area contributed by atoms with E-state index in [0.717, 1.165) is 0 Å². The van der Waals surface area contributed by atoms with Crippen LogP contribution in [0.15, 0.2) is 53.6 Å². The van der Waals surface area contributed by atoms with Crippen molar-refractivity contribution >= 4 is 56.4 Å². The Balaban J connectivity index is 1.59. The third-order valence-electron chi connectivity index (χ3n) is 4.64. The summed E-state index contributed by atoms with van der Waals surface area (Å²) in [6.45, 7) is 2.41. The second-order valence-electron chi connectivity index (χ2n) is 6.82. The maximum Gasteiger partial charge on any atom is 0.265 e. The molecule has 3 aromatic rings. The summed E-state index contributed by atoms with van der Waals surface area (Å²) < 4.78 is 28.6. The Morgan fingerprint density at radius 2 is 1.97 bits per heavy atom. The monoisotopic (exact) mass is 474 g/mol. The molecule has 0 unspecified atom stereocenters. The Morgan fingerprint density at radius 1 is 1.19 bits per heavy atom. The summed E-state index contributed by atoms with van der Waals surface area (Å²) in [5.41, 5.74) is 1.73. The average Bonchev–Trinajstić information content (AvgIpc) is 2.75. The predicted molar refractivity (Wildman–Crippen MR) is 121 cm³/mol. The summed E-state index contributed by atoms with van der Waals surface area (Å²) >= 11 is 6.26. The number of nitrogens with one attached hydrogen (secondary N) is 2. The van der Waals surface area contributed by atoms with Crippen LogP contribution in [0.5, 0.6) is 5.75 Å². The number of rotatable bonds is 6. The van der Waals surface area contributed by atoms with Gasteiger partial charge in [0, 0.05) is 17.9 Å². The molecule has 0 saturated heterocycles. The summed E-state index contributed by atoms with van der Waals surface area (Å²) in [6, 6.07) is 11.3. The van der Waals surface area contributed by atoms with Gasteiger partial charge in [0.25, 0.3) is 5.91 Å². The van der Waals surface area contributed by atoms with Gasteiger partial charge in [-0.15, -0.1) is 0 Å². The van der Waals surface area contributed by atoms with Crippen LogP contribution in [0.2, 0.25) is 5.02 Å². The standard InChI is InChI=1S/C20H19ClN6O4S/c1-2-27-16-9-13(6-7-17(16)31-11-18(27)28)24-19-15(21)10-23-20(26-19)25-12-4-3-5-14(8-12)32(22,29)30/h3-10H,2,11H2,1H3,(H2,22,29,30)(H2,23,24,25,26). The Labute approximate surface area is 189 Å². The Bertz CT molecular complexity index is 1300. The molecule has 0 atom stereocenters. The molecule has 1 amide bonds. The number of aromatic nitrogens is 2. The number of carbonyl (C=O) groups excluding carboxylic acids is 1. The molecule has 2 heterocycles. The van der Waals surface area contributed by atoms with Crippen LogP contribution in [0.4, 0.5) is 28.8 Å². The van der Waals surface area contributed by atoms with Crippen molar-refractivity contribution < 1.29 is 17.9 Å². The lowest BCUT2D eigenvalue weighted by Gasteiger charge is -2.28. The van der Waals surface area contributed by atoms with Crippen molar-refractivity contribution in [1.29, 1.82) is 0 Å². The second-order valence-corrected chi connectivity index (χ2v) is 8.79. The lowest BCUT2D eigenvalue weighted by Crippen LogP contribution is -2.38. The fraction of sp³-hybridized carbons (Fsp3) is 0.150. The fourth-order valence-electron chi connectivity index (χ4n) is 3.16. The first-order chi connectivity index (χ1) is 15.2. The topological polar surface area (TPSA) is 140 Å². The van der Waals surface area contributed by atoms with E-state index < -0.39 is 10.0 Å². The zero-order valence-electron chi connectivity index (χ0n) is 16.9. The van der Waals surface area contributed by atoms with Gasteiger partial charge < -0.3 is 20.3 Å². The van der Waals surface area contributed by atoms with Crippen molar-refractivity contribution in [2.45, 2.75) is 11.8 Å². The molecule has 32 heavy (non-hydrogen) atoms. The summed E-state index contributed by atoms with van der Waals surface area (Å²) in [4.78, 5) is 22.2. The van der Waals surface area contributed by atoms with Crippen LogP contribution in [0.3, 0.4) is 0 Å². The number of fused-ring (bicyclic) bond motifs is 1. The molecule has 0 radical (unpaired) electrons. The molecule has 0 saturated carbocycles. The van der Waals surface area contributed by atoms with E-state index in [4.69, 9.17) is 21.5 Å². The summed E-state index contributed by atoms with van der Waals surface area (Å²) in [5.74, 6) is 1.00. The number of benzene rings is 2. The second kappa shape index (κ2) is 8.61. The molecule has 2 aromatic carbocycles. The first-order valence-electron chi connectivity index (χ1n) is 9.51.